The molecule has 0 N–H and O–H groups in total. The van der Waals surface area contributed by atoms with Gasteiger partial charge in [0.2, 0.25) is 0 Å². The van der Waals surface area contributed by atoms with E-state index in [0.717, 1.165) is 12.6 Å². The van der Waals surface area contributed by atoms with Crippen molar-refractivity contribution in [3.05, 3.63) is 0 Å². The van der Waals surface area contributed by atoms with Gasteiger partial charge in [-0.05, 0) is 63.4 Å². The van der Waals surface area contributed by atoms with Crippen molar-refractivity contribution in [3.8, 4) is 0 Å². The van der Waals surface area contributed by atoms with Gasteiger partial charge >= 0.3 is 0 Å². The van der Waals surface area contributed by atoms with Gasteiger partial charge in [-0.15, -0.1) is 0 Å². The number of hydrogen-bond donors (Lipinski definition) is 0. The molecule has 2 aliphatic heterocycles. The molecule has 5 heteroatoms. The van der Waals surface area contributed by atoms with E-state index in [1.165, 1.54) is 45.2 Å². The second kappa shape index (κ2) is 6.81. The summed E-state index contributed by atoms with van der Waals surface area (Å²) in [5.41, 5.74) is 0. The van der Waals surface area contributed by atoms with Crippen LogP contribution in [0.4, 0.5) is 0 Å². The van der Waals surface area contributed by atoms with Gasteiger partial charge in [0.15, 0.2) is 6.49 Å². The van der Waals surface area contributed by atoms with Gasteiger partial charge in [-0.3, -0.25) is 0 Å². The van der Waals surface area contributed by atoms with Crippen molar-refractivity contribution in [1.82, 2.24) is 4.90 Å². The van der Waals surface area contributed by atoms with Crippen molar-refractivity contribution in [2.45, 2.75) is 45.1 Å². The quantitative estimate of drug-likeness (QED) is 0.725. The summed E-state index contributed by atoms with van der Waals surface area (Å²) < 4.78 is 11.5. The maximum Gasteiger partial charge on any atom is 0.185 e. The van der Waals surface area contributed by atoms with E-state index in [2.05, 4.69) is 4.90 Å². The monoisotopic (exact) mass is 291 g/mol. The van der Waals surface area contributed by atoms with Gasteiger partial charge in [0.25, 0.3) is 0 Å². The summed E-state index contributed by atoms with van der Waals surface area (Å²) in [5.74, 6) is 0.668. The lowest BCUT2D eigenvalue weighted by Crippen LogP contribution is -2.49. The third-order valence-electron chi connectivity index (χ3n) is 4.12. The zero-order chi connectivity index (χ0) is 13.0. The highest BCUT2D eigenvalue weighted by molar-refractivity contribution is 8.09. The van der Waals surface area contributed by atoms with Gasteiger partial charge in [0.05, 0.1) is 13.2 Å². The average molecular weight is 291 g/mol. The summed E-state index contributed by atoms with van der Waals surface area (Å²) in [6, 6.07) is 0.740. The molecule has 2 fully saturated rings. The van der Waals surface area contributed by atoms with E-state index in [1.807, 2.05) is 13.6 Å². The molecule has 2 saturated heterocycles. The summed E-state index contributed by atoms with van der Waals surface area (Å²) in [4.78, 5) is 2.67. The van der Waals surface area contributed by atoms with Gasteiger partial charge in [0, 0.05) is 12.7 Å². The molecule has 0 aromatic carbocycles. The molecule has 0 unspecified atom stereocenters. The SMILES string of the molecule is CCO[P@@](C)(=S)OC[C@@H]1CCCN2CCCC[C@H]12. The lowest BCUT2D eigenvalue weighted by molar-refractivity contribution is 0.0359. The van der Waals surface area contributed by atoms with E-state index in [1.54, 1.807) is 0 Å². The first-order valence-electron chi connectivity index (χ1n) is 7.23. The van der Waals surface area contributed by atoms with Crippen molar-refractivity contribution in [2.24, 2.45) is 5.92 Å². The fourth-order valence-corrected chi connectivity index (χ4v) is 4.78. The Morgan fingerprint density at radius 3 is 2.72 bits per heavy atom. The fourth-order valence-electron chi connectivity index (χ4n) is 3.27. The second-order valence-corrected chi connectivity index (χ2v) is 9.54. The Bertz CT molecular complexity index is 311. The Morgan fingerprint density at radius 2 is 1.94 bits per heavy atom. The van der Waals surface area contributed by atoms with Crippen LogP contribution >= 0.6 is 6.49 Å². The molecule has 18 heavy (non-hydrogen) atoms. The van der Waals surface area contributed by atoms with Crippen molar-refractivity contribution in [2.75, 3.05) is 33.0 Å². The molecule has 0 radical (unpaired) electrons. The van der Waals surface area contributed by atoms with E-state index in [0.29, 0.717) is 12.5 Å². The van der Waals surface area contributed by atoms with Crippen molar-refractivity contribution >= 4 is 18.3 Å². The van der Waals surface area contributed by atoms with Crippen LogP contribution < -0.4 is 0 Å². The lowest BCUT2D eigenvalue weighted by atomic mass is 9.84. The Labute approximate surface area is 116 Å². The highest BCUT2D eigenvalue weighted by Gasteiger charge is 2.33. The van der Waals surface area contributed by atoms with Crippen LogP contribution in [-0.2, 0) is 20.9 Å². The Kier molecular flexibility index (Phi) is 5.64. The van der Waals surface area contributed by atoms with Crippen LogP contribution in [0.2, 0.25) is 0 Å². The van der Waals surface area contributed by atoms with Crippen molar-refractivity contribution in [3.63, 3.8) is 0 Å². The molecular weight excluding hydrogens is 265 g/mol. The first kappa shape index (κ1) is 14.9. The van der Waals surface area contributed by atoms with E-state index < -0.39 is 6.49 Å². The smallest absolute Gasteiger partial charge is 0.185 e. The molecule has 0 amide bonds. The number of fused-ring (bicyclic) bond motifs is 1. The van der Waals surface area contributed by atoms with Gasteiger partial charge in [0.1, 0.15) is 0 Å². The minimum Gasteiger partial charge on any atom is -0.330 e. The topological polar surface area (TPSA) is 21.7 Å². The lowest BCUT2D eigenvalue weighted by Gasteiger charge is -2.44. The Hall–Kier alpha value is 0.530. The van der Waals surface area contributed by atoms with Crippen molar-refractivity contribution in [1.29, 1.82) is 0 Å². The molecule has 0 aromatic rings. The summed E-state index contributed by atoms with van der Waals surface area (Å²) in [5, 5.41) is 0. The highest BCUT2D eigenvalue weighted by atomic mass is 32.5. The van der Waals surface area contributed by atoms with E-state index >= 15 is 0 Å². The molecule has 0 bridgehead atoms. The van der Waals surface area contributed by atoms with E-state index in [4.69, 9.17) is 20.9 Å². The summed E-state index contributed by atoms with van der Waals surface area (Å²) in [6.45, 7) is 5.97. The maximum absolute atomic E-state index is 5.94. The molecule has 0 spiro atoms. The molecule has 0 aliphatic carbocycles. The number of nitrogens with zero attached hydrogens (tertiary/aromatic N) is 1. The summed E-state index contributed by atoms with van der Waals surface area (Å²) >= 11 is 5.41. The zero-order valence-electron chi connectivity index (χ0n) is 11.6. The first-order valence-corrected chi connectivity index (χ1v) is 10.3. The predicted molar refractivity (Wildman–Crippen MR) is 79.7 cm³/mol. The molecule has 0 saturated carbocycles. The van der Waals surface area contributed by atoms with Gasteiger partial charge < -0.3 is 13.9 Å². The van der Waals surface area contributed by atoms with Crippen LogP contribution in [0.1, 0.15) is 39.0 Å². The maximum atomic E-state index is 5.94. The molecule has 3 nitrogen and oxygen atoms in total. The molecule has 2 rings (SSSR count). The number of rotatable bonds is 5. The average Bonchev–Trinajstić information content (AvgIpc) is 2.36. The van der Waals surface area contributed by atoms with Crippen LogP contribution in [-0.4, -0.2) is 43.9 Å². The molecule has 0 aromatic heterocycles. The largest absolute Gasteiger partial charge is 0.330 e. The van der Waals surface area contributed by atoms with Crippen LogP contribution in [0.25, 0.3) is 0 Å². The molecule has 3 atom stereocenters. The number of hydrogen-bond acceptors (Lipinski definition) is 4. The van der Waals surface area contributed by atoms with Crippen LogP contribution in [0.15, 0.2) is 0 Å². The van der Waals surface area contributed by atoms with Gasteiger partial charge in [-0.2, -0.15) is 0 Å². The van der Waals surface area contributed by atoms with E-state index in [9.17, 15) is 0 Å². The third kappa shape index (κ3) is 4.01. The van der Waals surface area contributed by atoms with Crippen LogP contribution in [0.5, 0.6) is 0 Å². The predicted octanol–water partition coefficient (Wildman–Crippen LogP) is 3.24. The molecular formula is C13H26NO2PS. The summed E-state index contributed by atoms with van der Waals surface area (Å²) in [7, 11) is 0. The highest BCUT2D eigenvalue weighted by Crippen LogP contribution is 2.45. The van der Waals surface area contributed by atoms with E-state index in [-0.39, 0.29) is 0 Å². The van der Waals surface area contributed by atoms with Crippen LogP contribution in [0.3, 0.4) is 0 Å². The molecule has 2 aliphatic rings. The normalized spacial score (nSPS) is 32.8. The Morgan fingerprint density at radius 1 is 1.17 bits per heavy atom. The molecule has 106 valence electrons. The fraction of sp³-hybridized carbons (Fsp3) is 1.00. The molecule has 2 heterocycles. The van der Waals surface area contributed by atoms with Crippen molar-refractivity contribution < 1.29 is 9.05 Å². The minimum atomic E-state index is -1.99. The van der Waals surface area contributed by atoms with Gasteiger partial charge in [-0.1, -0.05) is 6.42 Å². The zero-order valence-corrected chi connectivity index (χ0v) is 13.3. The minimum absolute atomic E-state index is 0.661. The second-order valence-electron chi connectivity index (χ2n) is 5.49. The summed E-state index contributed by atoms with van der Waals surface area (Å²) in [6.07, 6.45) is 6.70. The third-order valence-corrected chi connectivity index (χ3v) is 6.09. The Balaban J connectivity index is 1.86. The first-order chi connectivity index (χ1) is 8.62. The van der Waals surface area contributed by atoms with Gasteiger partial charge in [-0.25, -0.2) is 0 Å². The number of piperidine rings is 2. The van der Waals surface area contributed by atoms with Crippen LogP contribution in [0, 0.1) is 5.92 Å². The standard InChI is InChI=1S/C13H26NO2PS/c1-3-15-17(2,18)16-11-12-7-6-10-14-9-5-4-8-13(12)14/h12-13H,3-11H2,1-2H3/t12-,13+,17+/m0/s1.